The maximum Gasteiger partial charge on any atom is 0.107 e. The van der Waals surface area contributed by atoms with E-state index in [1.165, 1.54) is 19.3 Å². The van der Waals surface area contributed by atoms with Crippen molar-refractivity contribution in [2.75, 3.05) is 25.1 Å². The lowest BCUT2D eigenvalue weighted by Crippen LogP contribution is -2.35. The first-order valence-electron chi connectivity index (χ1n) is 9.21. The van der Waals surface area contributed by atoms with Gasteiger partial charge in [-0.15, -0.1) is 0 Å². The van der Waals surface area contributed by atoms with Crippen LogP contribution >= 0.6 is 0 Å². The first-order valence-corrected chi connectivity index (χ1v) is 9.21. The zero-order valence-corrected chi connectivity index (χ0v) is 14.8. The van der Waals surface area contributed by atoms with E-state index in [1.807, 2.05) is 60.8 Å². The highest BCUT2D eigenvalue weighted by Crippen LogP contribution is 2.13. The molecule has 1 aliphatic rings. The molecule has 132 valence electrons. The number of likely N-dealkylation sites (tertiary alicyclic amines) is 1. The molecule has 2 aromatic carbocycles. The van der Waals surface area contributed by atoms with Crippen molar-refractivity contribution < 1.29 is 0 Å². The number of fused-ring (bicyclic) bond motifs is 1. The molecular formula is C21H23N5. The third-order valence-electron chi connectivity index (χ3n) is 4.66. The highest BCUT2D eigenvalue weighted by Gasteiger charge is 2.16. The lowest BCUT2D eigenvalue weighted by Gasteiger charge is -2.26. The largest absolute Gasteiger partial charge is 0.297 e. The van der Waals surface area contributed by atoms with Crippen LogP contribution < -0.4 is 5.43 Å². The molecular weight excluding hydrogens is 322 g/mol. The van der Waals surface area contributed by atoms with E-state index in [2.05, 4.69) is 20.4 Å². The third kappa shape index (κ3) is 4.06. The summed E-state index contributed by atoms with van der Waals surface area (Å²) in [6, 6.07) is 18.0. The molecule has 3 aromatic rings. The van der Waals surface area contributed by atoms with E-state index in [-0.39, 0.29) is 0 Å². The Bertz CT molecular complexity index is 885. The van der Waals surface area contributed by atoms with E-state index in [0.29, 0.717) is 0 Å². The van der Waals surface area contributed by atoms with Gasteiger partial charge in [0, 0.05) is 6.54 Å². The number of benzene rings is 2. The molecule has 1 fully saturated rings. The standard InChI is InChI=1S/C21H23N5/c1-3-9-17(10-4-1)24-25-21(16-26-13-7-2-8-14-26)20-15-22-18-11-5-6-12-19(18)23-20/h1,3-6,9-12,15,24H,2,7-8,13-14,16H2/b25-21+. The third-order valence-corrected chi connectivity index (χ3v) is 4.66. The van der Waals surface area contributed by atoms with Crippen LogP contribution in [0, 0.1) is 0 Å². The van der Waals surface area contributed by atoms with E-state index < -0.39 is 0 Å². The fourth-order valence-corrected chi connectivity index (χ4v) is 3.24. The second kappa shape index (κ2) is 8.06. The molecule has 0 saturated carbocycles. The Hall–Kier alpha value is -2.79. The quantitative estimate of drug-likeness (QED) is 0.562. The Labute approximate surface area is 153 Å². The summed E-state index contributed by atoms with van der Waals surface area (Å²) >= 11 is 0. The molecule has 0 amide bonds. The van der Waals surface area contributed by atoms with Crippen LogP contribution in [-0.2, 0) is 0 Å². The zero-order chi connectivity index (χ0) is 17.6. The maximum atomic E-state index is 4.79. The molecule has 1 N–H and O–H groups in total. The molecule has 26 heavy (non-hydrogen) atoms. The second-order valence-electron chi connectivity index (χ2n) is 6.62. The van der Waals surface area contributed by atoms with E-state index in [1.54, 1.807) is 0 Å². The van der Waals surface area contributed by atoms with Crippen molar-refractivity contribution in [2.24, 2.45) is 5.10 Å². The molecule has 2 heterocycles. The zero-order valence-electron chi connectivity index (χ0n) is 14.8. The molecule has 1 aliphatic heterocycles. The van der Waals surface area contributed by atoms with Crippen LogP contribution in [0.25, 0.3) is 11.0 Å². The summed E-state index contributed by atoms with van der Waals surface area (Å²) in [4.78, 5) is 11.8. The lowest BCUT2D eigenvalue weighted by molar-refractivity contribution is 0.258. The van der Waals surface area contributed by atoms with Gasteiger partial charge in [0.15, 0.2) is 0 Å². The fraction of sp³-hybridized carbons (Fsp3) is 0.286. The molecule has 0 atom stereocenters. The molecule has 1 aromatic heterocycles. The van der Waals surface area contributed by atoms with Crippen LogP contribution in [0.5, 0.6) is 0 Å². The molecule has 0 bridgehead atoms. The number of piperidine rings is 1. The fourth-order valence-electron chi connectivity index (χ4n) is 3.24. The summed E-state index contributed by atoms with van der Waals surface area (Å²) in [5.41, 5.74) is 7.71. The number of para-hydroxylation sites is 3. The minimum Gasteiger partial charge on any atom is -0.297 e. The van der Waals surface area contributed by atoms with Crippen molar-refractivity contribution >= 4 is 22.4 Å². The van der Waals surface area contributed by atoms with Gasteiger partial charge in [-0.1, -0.05) is 36.8 Å². The molecule has 0 radical (unpaired) electrons. The van der Waals surface area contributed by atoms with Gasteiger partial charge >= 0.3 is 0 Å². The molecule has 0 spiro atoms. The Kier molecular flexibility index (Phi) is 5.17. The number of nitrogens with zero attached hydrogens (tertiary/aromatic N) is 4. The van der Waals surface area contributed by atoms with Crippen molar-refractivity contribution in [1.29, 1.82) is 0 Å². The van der Waals surface area contributed by atoms with Gasteiger partial charge in [-0.2, -0.15) is 5.10 Å². The van der Waals surface area contributed by atoms with E-state index in [0.717, 1.165) is 47.8 Å². The van der Waals surface area contributed by atoms with Crippen LogP contribution in [0.2, 0.25) is 0 Å². The smallest absolute Gasteiger partial charge is 0.107 e. The van der Waals surface area contributed by atoms with Gasteiger partial charge in [0.1, 0.15) is 11.4 Å². The average molecular weight is 345 g/mol. The normalized spacial score (nSPS) is 15.9. The van der Waals surface area contributed by atoms with Crippen LogP contribution in [0.15, 0.2) is 65.9 Å². The number of aromatic nitrogens is 2. The van der Waals surface area contributed by atoms with E-state index in [4.69, 9.17) is 4.98 Å². The molecule has 0 unspecified atom stereocenters. The first-order chi connectivity index (χ1) is 12.9. The maximum absolute atomic E-state index is 4.79. The number of hydrogen-bond acceptors (Lipinski definition) is 5. The monoisotopic (exact) mass is 345 g/mol. The first kappa shape index (κ1) is 16.7. The Morgan fingerprint density at radius 3 is 2.46 bits per heavy atom. The topological polar surface area (TPSA) is 53.4 Å². The minimum atomic E-state index is 0.785. The van der Waals surface area contributed by atoms with Gasteiger partial charge < -0.3 is 0 Å². The van der Waals surface area contributed by atoms with E-state index >= 15 is 0 Å². The SMILES string of the molecule is c1ccc(N/N=C(\CN2CCCCC2)c2cnc3ccccc3n2)cc1. The number of hydrazone groups is 1. The van der Waals surface area contributed by atoms with Crippen molar-refractivity contribution in [3.63, 3.8) is 0 Å². The summed E-state index contributed by atoms with van der Waals surface area (Å²) in [6.45, 7) is 3.02. The predicted molar refractivity (Wildman–Crippen MR) is 106 cm³/mol. The molecule has 4 rings (SSSR count). The molecule has 5 heteroatoms. The van der Waals surface area contributed by atoms with Gasteiger partial charge in [-0.3, -0.25) is 15.3 Å². The molecule has 5 nitrogen and oxygen atoms in total. The van der Waals surface area contributed by atoms with Crippen molar-refractivity contribution in [2.45, 2.75) is 19.3 Å². The van der Waals surface area contributed by atoms with Gasteiger partial charge in [-0.05, 0) is 50.2 Å². The predicted octanol–water partition coefficient (Wildman–Crippen LogP) is 3.93. The average Bonchev–Trinajstić information content (AvgIpc) is 2.72. The number of anilines is 1. The Morgan fingerprint density at radius 2 is 1.65 bits per heavy atom. The van der Waals surface area contributed by atoms with Crippen molar-refractivity contribution in [3.8, 4) is 0 Å². The summed E-state index contributed by atoms with van der Waals surface area (Å²) < 4.78 is 0. The van der Waals surface area contributed by atoms with Crippen molar-refractivity contribution in [1.82, 2.24) is 14.9 Å². The Balaban J connectivity index is 1.63. The Morgan fingerprint density at radius 1 is 0.923 bits per heavy atom. The second-order valence-corrected chi connectivity index (χ2v) is 6.62. The summed E-state index contributed by atoms with van der Waals surface area (Å²) in [5.74, 6) is 0. The van der Waals surface area contributed by atoms with Gasteiger partial charge in [0.05, 0.1) is 22.9 Å². The summed E-state index contributed by atoms with van der Waals surface area (Å²) in [5, 5.41) is 4.69. The highest BCUT2D eigenvalue weighted by atomic mass is 15.3. The highest BCUT2D eigenvalue weighted by molar-refractivity contribution is 6.01. The van der Waals surface area contributed by atoms with Crippen LogP contribution in [-0.4, -0.2) is 40.2 Å². The summed E-state index contributed by atoms with van der Waals surface area (Å²) in [6.07, 6.45) is 5.66. The van der Waals surface area contributed by atoms with Crippen molar-refractivity contribution in [3.05, 3.63) is 66.5 Å². The van der Waals surface area contributed by atoms with Crippen LogP contribution in [0.1, 0.15) is 25.0 Å². The van der Waals surface area contributed by atoms with Gasteiger partial charge in [0.2, 0.25) is 0 Å². The van der Waals surface area contributed by atoms with Gasteiger partial charge in [0.25, 0.3) is 0 Å². The molecule has 0 aliphatic carbocycles. The number of rotatable bonds is 5. The van der Waals surface area contributed by atoms with Crippen LogP contribution in [0.3, 0.4) is 0 Å². The number of hydrogen-bond donors (Lipinski definition) is 1. The van der Waals surface area contributed by atoms with Crippen LogP contribution in [0.4, 0.5) is 5.69 Å². The minimum absolute atomic E-state index is 0.785. The molecule has 1 saturated heterocycles. The van der Waals surface area contributed by atoms with Gasteiger partial charge in [-0.25, -0.2) is 4.98 Å². The summed E-state index contributed by atoms with van der Waals surface area (Å²) in [7, 11) is 0. The number of nitrogens with one attached hydrogen (secondary N) is 1. The van der Waals surface area contributed by atoms with E-state index in [9.17, 15) is 0 Å². The lowest BCUT2D eigenvalue weighted by atomic mass is 10.1.